The van der Waals surface area contributed by atoms with E-state index < -0.39 is 17.5 Å². The van der Waals surface area contributed by atoms with Crippen LogP contribution in [0.25, 0.3) is 22.3 Å². The third-order valence-corrected chi connectivity index (χ3v) is 9.26. The molecule has 242 valence electrons. The summed E-state index contributed by atoms with van der Waals surface area (Å²) in [5.41, 5.74) is 2.20. The number of likely N-dealkylation sites (tertiary alicyclic amines) is 1. The smallest absolute Gasteiger partial charge is 0.451 e. The van der Waals surface area contributed by atoms with Crippen LogP contribution in [0.5, 0.6) is 5.88 Å². The van der Waals surface area contributed by atoms with E-state index in [-0.39, 0.29) is 36.4 Å². The van der Waals surface area contributed by atoms with Crippen LogP contribution >= 0.6 is 0 Å². The van der Waals surface area contributed by atoms with Gasteiger partial charge in [-0.1, -0.05) is 0 Å². The first-order valence-electron chi connectivity index (χ1n) is 15.7. The summed E-state index contributed by atoms with van der Waals surface area (Å²) in [5.74, 6) is -1.24. The summed E-state index contributed by atoms with van der Waals surface area (Å²) >= 11 is 0. The van der Waals surface area contributed by atoms with Crippen molar-refractivity contribution >= 4 is 11.0 Å². The molecule has 1 atom stereocenters. The SMILES string of the molecule is N#CCC1(n2cc(-c3ncnc4[nH]ccc34)cn2)CN([C@H]2CC[C@@H](Oc3cc(CNC[C@@H]4CCCO4)nc(C(F)(F)F)n3)CC2)C1. The van der Waals surface area contributed by atoms with Gasteiger partial charge in [0.05, 0.1) is 36.2 Å². The van der Waals surface area contributed by atoms with Gasteiger partial charge in [0.1, 0.15) is 23.6 Å². The van der Waals surface area contributed by atoms with Crippen LogP contribution in [0.4, 0.5) is 13.2 Å². The molecule has 0 aromatic carbocycles. The van der Waals surface area contributed by atoms with E-state index in [0.29, 0.717) is 45.5 Å². The lowest BCUT2D eigenvalue weighted by Gasteiger charge is -2.53. The Bertz CT molecular complexity index is 1700. The van der Waals surface area contributed by atoms with E-state index in [1.54, 1.807) is 6.20 Å². The minimum Gasteiger partial charge on any atom is -0.474 e. The molecule has 1 aliphatic carbocycles. The lowest BCUT2D eigenvalue weighted by molar-refractivity contribution is -0.145. The number of fused-ring (bicyclic) bond motifs is 1. The molecule has 0 amide bonds. The van der Waals surface area contributed by atoms with Crippen LogP contribution in [0.15, 0.2) is 37.1 Å². The van der Waals surface area contributed by atoms with E-state index in [1.165, 1.54) is 12.4 Å². The van der Waals surface area contributed by atoms with Crippen LogP contribution in [0.3, 0.4) is 0 Å². The minimum atomic E-state index is -4.67. The number of nitrogens with zero attached hydrogens (tertiary/aromatic N) is 8. The Hall–Kier alpha value is -4.13. The van der Waals surface area contributed by atoms with Gasteiger partial charge in [-0.25, -0.2) is 15.0 Å². The van der Waals surface area contributed by atoms with Crippen molar-refractivity contribution in [1.29, 1.82) is 5.26 Å². The second-order valence-electron chi connectivity index (χ2n) is 12.4. The molecule has 3 aliphatic rings. The minimum absolute atomic E-state index is 0.0493. The highest BCUT2D eigenvalue weighted by molar-refractivity contribution is 5.90. The van der Waals surface area contributed by atoms with E-state index in [1.807, 2.05) is 23.1 Å². The van der Waals surface area contributed by atoms with Gasteiger partial charge < -0.3 is 19.8 Å². The van der Waals surface area contributed by atoms with Crippen LogP contribution in [-0.2, 0) is 23.0 Å². The highest BCUT2D eigenvalue weighted by Gasteiger charge is 2.48. The zero-order valence-electron chi connectivity index (χ0n) is 25.2. The number of aromatic nitrogens is 7. The Balaban J connectivity index is 0.959. The molecule has 2 N–H and O–H groups in total. The summed E-state index contributed by atoms with van der Waals surface area (Å²) < 4.78 is 54.3. The normalized spacial score (nSPS) is 23.3. The highest BCUT2D eigenvalue weighted by atomic mass is 19.4. The molecule has 2 saturated heterocycles. The lowest BCUT2D eigenvalue weighted by atomic mass is 9.82. The number of hydrogen-bond donors (Lipinski definition) is 2. The van der Waals surface area contributed by atoms with Gasteiger partial charge in [0.15, 0.2) is 0 Å². The summed E-state index contributed by atoms with van der Waals surface area (Å²) in [7, 11) is 0. The Kier molecular flexibility index (Phi) is 8.35. The number of nitriles is 1. The van der Waals surface area contributed by atoms with Crippen molar-refractivity contribution in [1.82, 2.24) is 44.9 Å². The number of alkyl halides is 3. The standard InChI is InChI=1S/C31H35F3N10O2/c32-31(33,34)29-41-21(14-36-15-24-2-1-11-45-24)12-26(42-29)46-23-5-3-22(4-6-23)43-17-30(18-43,8-9-35)44-16-20(13-40-44)27-25-7-10-37-28(25)39-19-38-27/h7,10,12-13,16,19,22-24,36H,1-6,8,11,14-15,17-18H2,(H,37,38,39)/t22-,23+,24-/m0/s1. The Morgan fingerprint density at radius 3 is 2.76 bits per heavy atom. The van der Waals surface area contributed by atoms with Crippen molar-refractivity contribution in [2.24, 2.45) is 0 Å². The fraction of sp³-hybridized carbons (Fsp3) is 0.548. The number of rotatable bonds is 10. The van der Waals surface area contributed by atoms with Gasteiger partial charge in [-0.3, -0.25) is 9.58 Å². The van der Waals surface area contributed by atoms with Crippen molar-refractivity contribution in [3.05, 3.63) is 48.6 Å². The molecule has 12 nitrogen and oxygen atoms in total. The topological polar surface area (TPSA) is 143 Å². The number of aromatic amines is 1. The van der Waals surface area contributed by atoms with Gasteiger partial charge in [-0.15, -0.1) is 0 Å². The molecule has 6 heterocycles. The van der Waals surface area contributed by atoms with Gasteiger partial charge in [0.25, 0.3) is 0 Å². The Labute approximate surface area is 263 Å². The van der Waals surface area contributed by atoms with E-state index >= 15 is 0 Å². The molecule has 0 radical (unpaired) electrons. The van der Waals surface area contributed by atoms with Crippen LogP contribution in [0.2, 0.25) is 0 Å². The van der Waals surface area contributed by atoms with Gasteiger partial charge in [0.2, 0.25) is 11.7 Å². The van der Waals surface area contributed by atoms with Crippen molar-refractivity contribution < 1.29 is 22.6 Å². The number of nitrogens with one attached hydrogen (secondary N) is 2. The van der Waals surface area contributed by atoms with Crippen LogP contribution in [-0.4, -0.2) is 84.1 Å². The number of ether oxygens (including phenoxy) is 2. The van der Waals surface area contributed by atoms with Gasteiger partial charge in [-0.2, -0.15) is 28.5 Å². The molecule has 46 heavy (non-hydrogen) atoms. The largest absolute Gasteiger partial charge is 0.474 e. The Morgan fingerprint density at radius 2 is 2.00 bits per heavy atom. The van der Waals surface area contributed by atoms with Crippen molar-refractivity contribution in [3.63, 3.8) is 0 Å². The second kappa shape index (κ2) is 12.6. The third-order valence-electron chi connectivity index (χ3n) is 9.26. The van der Waals surface area contributed by atoms with E-state index in [0.717, 1.165) is 48.0 Å². The fourth-order valence-corrected chi connectivity index (χ4v) is 6.88. The highest BCUT2D eigenvalue weighted by Crippen LogP contribution is 2.39. The number of hydrogen-bond acceptors (Lipinski definition) is 10. The van der Waals surface area contributed by atoms with Crippen LogP contribution < -0.4 is 10.1 Å². The zero-order chi connectivity index (χ0) is 31.7. The molecular weight excluding hydrogens is 601 g/mol. The molecule has 7 rings (SSSR count). The van der Waals surface area contributed by atoms with Crippen LogP contribution in [0.1, 0.15) is 56.5 Å². The lowest BCUT2D eigenvalue weighted by Crippen LogP contribution is -2.65. The molecule has 4 aromatic rings. The first-order valence-corrected chi connectivity index (χ1v) is 15.7. The predicted octanol–water partition coefficient (Wildman–Crippen LogP) is 4.21. The summed E-state index contributed by atoms with van der Waals surface area (Å²) in [6, 6.07) is 6.06. The molecule has 0 bridgehead atoms. The van der Waals surface area contributed by atoms with E-state index in [9.17, 15) is 18.4 Å². The van der Waals surface area contributed by atoms with Crippen molar-refractivity contribution in [2.45, 2.75) is 81.5 Å². The van der Waals surface area contributed by atoms with Crippen molar-refractivity contribution in [2.75, 3.05) is 26.2 Å². The average Bonchev–Trinajstić information content (AvgIpc) is 3.81. The summed E-state index contributed by atoms with van der Waals surface area (Å²) in [5, 5.41) is 18.4. The number of halogens is 3. The summed E-state index contributed by atoms with van der Waals surface area (Å²) in [6.45, 7) is 2.80. The molecule has 3 fully saturated rings. The average molecular weight is 637 g/mol. The zero-order valence-corrected chi connectivity index (χ0v) is 25.2. The summed E-state index contributed by atoms with van der Waals surface area (Å²) in [4.78, 5) is 21.6. The van der Waals surface area contributed by atoms with E-state index in [2.05, 4.69) is 46.3 Å². The molecule has 1 saturated carbocycles. The predicted molar refractivity (Wildman–Crippen MR) is 159 cm³/mol. The van der Waals surface area contributed by atoms with Gasteiger partial charge >= 0.3 is 6.18 Å². The molecule has 2 aliphatic heterocycles. The first kappa shape index (κ1) is 30.5. The quantitative estimate of drug-likeness (QED) is 0.260. The first-order chi connectivity index (χ1) is 22.3. The summed E-state index contributed by atoms with van der Waals surface area (Å²) in [6.07, 6.45) is 7.53. The van der Waals surface area contributed by atoms with Crippen LogP contribution in [0, 0.1) is 11.3 Å². The van der Waals surface area contributed by atoms with Gasteiger partial charge in [-0.05, 0) is 44.6 Å². The monoisotopic (exact) mass is 636 g/mol. The van der Waals surface area contributed by atoms with Crippen molar-refractivity contribution in [3.8, 4) is 23.2 Å². The maximum atomic E-state index is 13.6. The third kappa shape index (κ3) is 6.29. The molecule has 0 unspecified atom stereocenters. The number of H-pyrrole nitrogens is 1. The maximum absolute atomic E-state index is 13.6. The fourth-order valence-electron chi connectivity index (χ4n) is 6.88. The molecule has 4 aromatic heterocycles. The maximum Gasteiger partial charge on any atom is 0.451 e. The molecular formula is C31H35F3N10O2. The van der Waals surface area contributed by atoms with E-state index in [4.69, 9.17) is 9.47 Å². The Morgan fingerprint density at radius 1 is 1.15 bits per heavy atom. The molecule has 15 heteroatoms. The van der Waals surface area contributed by atoms with Gasteiger partial charge in [0, 0.05) is 68.2 Å². The second-order valence-corrected chi connectivity index (χ2v) is 12.4. The molecule has 0 spiro atoms.